The van der Waals surface area contributed by atoms with Gasteiger partial charge in [0.1, 0.15) is 0 Å². The molecular weight excluding hydrogens is 575 g/mol. The van der Waals surface area contributed by atoms with Crippen LogP contribution in [0.2, 0.25) is 0 Å². The minimum Gasteiger partial charge on any atom is -0.309 e. The third kappa shape index (κ3) is 3.84. The van der Waals surface area contributed by atoms with Gasteiger partial charge in [-0.2, -0.15) is 0 Å². The number of rotatable bonds is 3. The van der Waals surface area contributed by atoms with Crippen molar-refractivity contribution in [3.63, 3.8) is 0 Å². The first kappa shape index (κ1) is 25.7. The van der Waals surface area contributed by atoms with Crippen LogP contribution in [0.5, 0.6) is 0 Å². The summed E-state index contributed by atoms with van der Waals surface area (Å²) in [6.45, 7) is 0. The number of para-hydroxylation sites is 2. The van der Waals surface area contributed by atoms with E-state index in [1.165, 1.54) is 92.2 Å². The highest BCUT2D eigenvalue weighted by atomic mass is 32.2. The summed E-state index contributed by atoms with van der Waals surface area (Å²) in [5.41, 5.74) is 11.2. The van der Waals surface area contributed by atoms with E-state index in [0.29, 0.717) is 0 Å². The summed E-state index contributed by atoms with van der Waals surface area (Å²) in [4.78, 5) is 2.66. The maximum atomic E-state index is 2.39. The van der Waals surface area contributed by atoms with Crippen LogP contribution in [0.1, 0.15) is 0 Å². The Balaban J connectivity index is 1.12. The molecule has 2 heterocycles. The van der Waals surface area contributed by atoms with E-state index >= 15 is 0 Å². The monoisotopic (exact) mass is 601 g/mol. The maximum Gasteiger partial charge on any atom is 0.0547 e. The molecule has 9 aromatic rings. The van der Waals surface area contributed by atoms with E-state index in [-0.39, 0.29) is 0 Å². The zero-order chi connectivity index (χ0) is 30.2. The quantitative estimate of drug-likeness (QED) is 0.195. The number of fused-ring (bicyclic) bond motifs is 7. The number of hydrogen-bond donors (Lipinski definition) is 0. The molecule has 0 fully saturated rings. The van der Waals surface area contributed by atoms with Gasteiger partial charge in [-0.3, -0.25) is 0 Å². The summed E-state index contributed by atoms with van der Waals surface area (Å²) in [5, 5.41) is 7.79. The molecule has 0 atom stereocenters. The van der Waals surface area contributed by atoms with Crippen molar-refractivity contribution in [1.82, 2.24) is 4.57 Å². The van der Waals surface area contributed by atoms with Gasteiger partial charge in [0, 0.05) is 31.6 Å². The van der Waals surface area contributed by atoms with Crippen LogP contribution in [-0.2, 0) is 0 Å². The third-order valence-electron chi connectivity index (χ3n) is 9.55. The predicted octanol–water partition coefficient (Wildman–Crippen LogP) is 12.6. The van der Waals surface area contributed by atoms with Gasteiger partial charge in [0.05, 0.1) is 11.0 Å². The van der Waals surface area contributed by atoms with E-state index in [2.05, 4.69) is 168 Å². The minimum atomic E-state index is 1.18. The van der Waals surface area contributed by atoms with Gasteiger partial charge in [0.25, 0.3) is 0 Å². The van der Waals surface area contributed by atoms with Gasteiger partial charge < -0.3 is 4.57 Å². The lowest BCUT2D eigenvalue weighted by atomic mass is 9.93. The Bertz CT molecular complexity index is 2660. The van der Waals surface area contributed by atoms with Crippen LogP contribution in [0, 0.1) is 0 Å². The minimum absolute atomic E-state index is 1.18. The van der Waals surface area contributed by atoms with Crippen LogP contribution < -0.4 is 0 Å². The predicted molar refractivity (Wildman–Crippen MR) is 196 cm³/mol. The molecule has 10 rings (SSSR count). The first-order valence-electron chi connectivity index (χ1n) is 15.8. The second-order valence-electron chi connectivity index (χ2n) is 12.1. The summed E-state index contributed by atoms with van der Waals surface area (Å²) < 4.78 is 2.39. The Labute approximate surface area is 271 Å². The zero-order valence-electron chi connectivity index (χ0n) is 24.9. The second-order valence-corrected chi connectivity index (χ2v) is 13.2. The fourth-order valence-electron chi connectivity index (χ4n) is 7.44. The lowest BCUT2D eigenvalue weighted by Gasteiger charge is -2.21. The Morgan fingerprint density at radius 1 is 0.370 bits per heavy atom. The average molecular weight is 602 g/mol. The molecule has 214 valence electrons. The highest BCUT2D eigenvalue weighted by molar-refractivity contribution is 7.99. The molecule has 8 aromatic carbocycles. The normalized spacial score (nSPS) is 12.3. The molecule has 0 unspecified atom stereocenters. The summed E-state index contributed by atoms with van der Waals surface area (Å²) in [7, 11) is 0. The number of hydrogen-bond acceptors (Lipinski definition) is 1. The Hall–Kier alpha value is -5.57. The molecule has 1 aliphatic heterocycles. The molecule has 1 aliphatic rings. The molecule has 0 radical (unpaired) electrons. The van der Waals surface area contributed by atoms with Crippen molar-refractivity contribution in [2.45, 2.75) is 9.79 Å². The smallest absolute Gasteiger partial charge is 0.0547 e. The van der Waals surface area contributed by atoms with Crippen molar-refractivity contribution in [1.29, 1.82) is 0 Å². The van der Waals surface area contributed by atoms with Crippen LogP contribution in [0.15, 0.2) is 174 Å². The molecule has 0 aliphatic carbocycles. The third-order valence-corrected chi connectivity index (χ3v) is 10.7. The fourth-order valence-corrected chi connectivity index (χ4v) is 8.57. The molecule has 0 saturated heterocycles. The average Bonchev–Trinajstić information content (AvgIpc) is 3.47. The van der Waals surface area contributed by atoms with Crippen LogP contribution >= 0.6 is 11.8 Å². The maximum absolute atomic E-state index is 2.39. The number of benzene rings is 8. The first-order chi connectivity index (χ1) is 22.8. The Kier molecular flexibility index (Phi) is 5.58. The van der Waals surface area contributed by atoms with Crippen molar-refractivity contribution in [2.75, 3.05) is 0 Å². The van der Waals surface area contributed by atoms with Crippen molar-refractivity contribution in [2.24, 2.45) is 0 Å². The van der Waals surface area contributed by atoms with Gasteiger partial charge in [-0.1, -0.05) is 121 Å². The summed E-state index contributed by atoms with van der Waals surface area (Å²) >= 11 is 1.88. The highest BCUT2D eigenvalue weighted by Gasteiger charge is 2.20. The van der Waals surface area contributed by atoms with E-state index in [1.54, 1.807) is 0 Å². The summed E-state index contributed by atoms with van der Waals surface area (Å²) in [6.07, 6.45) is 0. The zero-order valence-corrected chi connectivity index (χ0v) is 25.8. The molecule has 46 heavy (non-hydrogen) atoms. The van der Waals surface area contributed by atoms with Gasteiger partial charge in [-0.05, 0) is 104 Å². The van der Waals surface area contributed by atoms with Crippen molar-refractivity contribution in [3.05, 3.63) is 164 Å². The molecule has 1 nitrogen and oxygen atoms in total. The van der Waals surface area contributed by atoms with Gasteiger partial charge >= 0.3 is 0 Å². The largest absolute Gasteiger partial charge is 0.309 e. The molecule has 0 N–H and O–H groups in total. The standard InChI is InChI=1S/C44H27NS/c1-2-13-34(14-3-1)45-39-17-5-4-15-36(39)44-37-26-32(20-19-28(37)21-23-40(44)45)30-11-6-12-31(25-30)33-22-24-41-38(27-33)35-16-7-9-29-10-8-18-42(46-41)43(29)35/h1-27H. The molecule has 1 aromatic heterocycles. The molecule has 0 spiro atoms. The Morgan fingerprint density at radius 2 is 1.09 bits per heavy atom. The first-order valence-corrected chi connectivity index (χ1v) is 16.6. The van der Waals surface area contributed by atoms with Gasteiger partial charge in [0.15, 0.2) is 0 Å². The van der Waals surface area contributed by atoms with Crippen LogP contribution in [0.4, 0.5) is 0 Å². The molecule has 0 amide bonds. The fraction of sp³-hybridized carbons (Fsp3) is 0. The van der Waals surface area contributed by atoms with Crippen LogP contribution in [0.25, 0.3) is 82.4 Å². The van der Waals surface area contributed by atoms with Crippen molar-refractivity contribution in [3.8, 4) is 39.1 Å². The van der Waals surface area contributed by atoms with E-state index in [4.69, 9.17) is 0 Å². The van der Waals surface area contributed by atoms with Crippen molar-refractivity contribution >= 4 is 55.1 Å². The van der Waals surface area contributed by atoms with E-state index in [1.807, 2.05) is 11.8 Å². The SMILES string of the molecule is c1ccc(-n2c3ccccc3c3c4cc(-c5cccc(-c6ccc7c(c6)-c6cccc8cccc(c68)S7)c5)ccc4ccc32)cc1. The topological polar surface area (TPSA) is 4.93 Å². The lowest BCUT2D eigenvalue weighted by molar-refractivity contribution is 1.18. The van der Waals surface area contributed by atoms with Gasteiger partial charge in [0.2, 0.25) is 0 Å². The Morgan fingerprint density at radius 3 is 1.98 bits per heavy atom. The van der Waals surface area contributed by atoms with Crippen molar-refractivity contribution < 1.29 is 0 Å². The van der Waals surface area contributed by atoms with Crippen LogP contribution in [0.3, 0.4) is 0 Å². The molecule has 2 heteroatoms. The number of nitrogens with zero attached hydrogens (tertiary/aromatic N) is 1. The molecule has 0 bridgehead atoms. The van der Waals surface area contributed by atoms with E-state index in [9.17, 15) is 0 Å². The lowest BCUT2D eigenvalue weighted by Crippen LogP contribution is -1.93. The second kappa shape index (κ2) is 9.97. The molecular formula is C44H27NS. The summed E-state index contributed by atoms with van der Waals surface area (Å²) in [5.74, 6) is 0. The summed E-state index contributed by atoms with van der Waals surface area (Å²) in [6, 6.07) is 60.2. The van der Waals surface area contributed by atoms with Gasteiger partial charge in [-0.15, -0.1) is 0 Å². The van der Waals surface area contributed by atoms with Crippen LogP contribution in [-0.4, -0.2) is 4.57 Å². The van der Waals surface area contributed by atoms with E-state index < -0.39 is 0 Å². The molecule has 0 saturated carbocycles. The highest BCUT2D eigenvalue weighted by Crippen LogP contribution is 2.49. The van der Waals surface area contributed by atoms with Gasteiger partial charge in [-0.25, -0.2) is 0 Å². The van der Waals surface area contributed by atoms with E-state index in [0.717, 1.165) is 0 Å². The number of aromatic nitrogens is 1.